The maximum atomic E-state index is 11.0. The number of nitrogens with one attached hydrogen (secondary N) is 1. The molecule has 3 rings (SSSR count). The SMILES string of the molecule is COc1cc(-c2nnc(-c3ccc(OCCCCC(=O)NO)cc3)s2)cc(OC)c1OC. The summed E-state index contributed by atoms with van der Waals surface area (Å²) >= 11 is 1.45. The fraction of sp³-hybridized carbons (Fsp3) is 0.318. The molecule has 0 unspecified atom stereocenters. The first kappa shape index (κ1) is 23.3. The molecule has 9 nitrogen and oxygen atoms in total. The highest BCUT2D eigenvalue weighted by molar-refractivity contribution is 7.17. The fourth-order valence-electron chi connectivity index (χ4n) is 2.99. The lowest BCUT2D eigenvalue weighted by Crippen LogP contribution is -2.18. The molecule has 0 saturated heterocycles. The van der Waals surface area contributed by atoms with Gasteiger partial charge in [0, 0.05) is 17.5 Å². The van der Waals surface area contributed by atoms with Crippen molar-refractivity contribution in [3.05, 3.63) is 36.4 Å². The van der Waals surface area contributed by atoms with Crippen LogP contribution in [0.25, 0.3) is 21.1 Å². The Kier molecular flexibility index (Phi) is 8.23. The van der Waals surface area contributed by atoms with Gasteiger partial charge in [-0.05, 0) is 49.2 Å². The number of ether oxygens (including phenoxy) is 4. The quantitative estimate of drug-likeness (QED) is 0.252. The van der Waals surface area contributed by atoms with E-state index in [1.807, 2.05) is 36.4 Å². The Balaban J connectivity index is 1.66. The van der Waals surface area contributed by atoms with Gasteiger partial charge >= 0.3 is 0 Å². The Morgan fingerprint density at radius 1 is 0.938 bits per heavy atom. The van der Waals surface area contributed by atoms with Crippen molar-refractivity contribution >= 4 is 17.2 Å². The number of hydroxylamine groups is 1. The number of hydrogen-bond donors (Lipinski definition) is 2. The molecule has 1 heterocycles. The monoisotopic (exact) mass is 459 g/mol. The molecule has 2 aromatic carbocycles. The first-order valence-electron chi connectivity index (χ1n) is 9.89. The zero-order valence-electron chi connectivity index (χ0n) is 18.1. The Morgan fingerprint density at radius 2 is 1.56 bits per heavy atom. The highest BCUT2D eigenvalue weighted by Gasteiger charge is 2.17. The number of amides is 1. The number of methoxy groups -OCH3 is 3. The molecule has 0 fully saturated rings. The van der Waals surface area contributed by atoms with Crippen LogP contribution in [0.2, 0.25) is 0 Å². The smallest absolute Gasteiger partial charge is 0.243 e. The third-order valence-electron chi connectivity index (χ3n) is 4.63. The van der Waals surface area contributed by atoms with Gasteiger partial charge in [-0.25, -0.2) is 5.48 Å². The zero-order chi connectivity index (χ0) is 22.9. The van der Waals surface area contributed by atoms with Crippen molar-refractivity contribution < 1.29 is 28.9 Å². The van der Waals surface area contributed by atoms with E-state index in [0.29, 0.717) is 36.7 Å². The molecule has 0 bridgehead atoms. The van der Waals surface area contributed by atoms with E-state index in [1.165, 1.54) is 11.3 Å². The highest BCUT2D eigenvalue weighted by Crippen LogP contribution is 2.42. The van der Waals surface area contributed by atoms with Crippen molar-refractivity contribution in [2.75, 3.05) is 27.9 Å². The van der Waals surface area contributed by atoms with Gasteiger partial charge in [0.15, 0.2) is 11.5 Å². The summed E-state index contributed by atoms with van der Waals surface area (Å²) in [7, 11) is 4.70. The topological polar surface area (TPSA) is 112 Å². The molecule has 170 valence electrons. The van der Waals surface area contributed by atoms with Gasteiger partial charge in [-0.1, -0.05) is 11.3 Å². The summed E-state index contributed by atoms with van der Waals surface area (Å²) in [6.45, 7) is 0.488. The molecule has 0 spiro atoms. The summed E-state index contributed by atoms with van der Waals surface area (Å²) in [6.07, 6.45) is 1.62. The van der Waals surface area contributed by atoms with E-state index < -0.39 is 5.91 Å². The maximum absolute atomic E-state index is 11.0. The number of benzene rings is 2. The van der Waals surface area contributed by atoms with E-state index in [2.05, 4.69) is 10.2 Å². The van der Waals surface area contributed by atoms with Gasteiger partial charge < -0.3 is 18.9 Å². The lowest BCUT2D eigenvalue weighted by atomic mass is 10.2. The number of carbonyl (C=O) groups excluding carboxylic acids is 1. The number of aromatic nitrogens is 2. The second kappa shape index (κ2) is 11.3. The van der Waals surface area contributed by atoms with Gasteiger partial charge in [-0.15, -0.1) is 10.2 Å². The van der Waals surface area contributed by atoms with Crippen LogP contribution in [0, 0.1) is 0 Å². The molecule has 2 N–H and O–H groups in total. The van der Waals surface area contributed by atoms with E-state index in [9.17, 15) is 4.79 Å². The van der Waals surface area contributed by atoms with Crippen molar-refractivity contribution in [2.24, 2.45) is 0 Å². The minimum Gasteiger partial charge on any atom is -0.494 e. The molecule has 3 aromatic rings. The summed E-state index contributed by atoms with van der Waals surface area (Å²) in [4.78, 5) is 11.0. The fourth-order valence-corrected chi connectivity index (χ4v) is 3.82. The molecule has 32 heavy (non-hydrogen) atoms. The first-order chi connectivity index (χ1) is 15.6. The summed E-state index contributed by atoms with van der Waals surface area (Å²) < 4.78 is 21.9. The number of hydrogen-bond acceptors (Lipinski definition) is 9. The molecule has 10 heteroatoms. The minimum atomic E-state index is -0.391. The van der Waals surface area contributed by atoms with Crippen molar-refractivity contribution in [1.29, 1.82) is 0 Å². The Labute approximate surface area is 189 Å². The van der Waals surface area contributed by atoms with Gasteiger partial charge in [0.1, 0.15) is 15.8 Å². The van der Waals surface area contributed by atoms with Crippen LogP contribution in [-0.4, -0.2) is 49.2 Å². The molecule has 1 amide bonds. The third-order valence-corrected chi connectivity index (χ3v) is 5.65. The van der Waals surface area contributed by atoms with Crippen LogP contribution in [0.1, 0.15) is 19.3 Å². The molecule has 0 aliphatic rings. The molecule has 0 atom stereocenters. The van der Waals surface area contributed by atoms with Gasteiger partial charge in [0.2, 0.25) is 11.7 Å². The maximum Gasteiger partial charge on any atom is 0.243 e. The second-order valence-electron chi connectivity index (χ2n) is 6.69. The first-order valence-corrected chi connectivity index (χ1v) is 10.7. The minimum absolute atomic E-state index is 0.268. The Bertz CT molecular complexity index is 1010. The number of unbranched alkanes of at least 4 members (excludes halogenated alkanes) is 1. The van der Waals surface area contributed by atoms with Gasteiger partial charge in [0.05, 0.1) is 27.9 Å². The molecule has 1 aromatic heterocycles. The largest absolute Gasteiger partial charge is 0.494 e. The molecule has 0 radical (unpaired) electrons. The van der Waals surface area contributed by atoms with Crippen molar-refractivity contribution in [1.82, 2.24) is 15.7 Å². The predicted molar refractivity (Wildman–Crippen MR) is 120 cm³/mol. The molecular weight excluding hydrogens is 434 g/mol. The van der Waals surface area contributed by atoms with Gasteiger partial charge in [0.25, 0.3) is 0 Å². The standard InChI is InChI=1S/C22H25N3O6S/c1-28-17-12-15(13-18(29-2)20(17)30-3)22-24-23-21(32-22)14-7-9-16(10-8-14)31-11-5-4-6-19(26)25-27/h7-10,12-13,27H,4-6,11H2,1-3H3,(H,25,26). The van der Waals surface area contributed by atoms with Gasteiger partial charge in [-0.2, -0.15) is 0 Å². The summed E-state index contributed by atoms with van der Waals surface area (Å²) in [6, 6.07) is 11.3. The van der Waals surface area contributed by atoms with Crippen LogP contribution in [0.5, 0.6) is 23.0 Å². The van der Waals surface area contributed by atoms with E-state index in [0.717, 1.165) is 26.9 Å². The number of nitrogens with zero attached hydrogens (tertiary/aromatic N) is 2. The zero-order valence-corrected chi connectivity index (χ0v) is 18.9. The second-order valence-corrected chi connectivity index (χ2v) is 7.67. The molecule has 0 aliphatic heterocycles. The van der Waals surface area contributed by atoms with Crippen LogP contribution in [0.15, 0.2) is 36.4 Å². The van der Waals surface area contributed by atoms with Crippen LogP contribution < -0.4 is 24.4 Å². The predicted octanol–water partition coefficient (Wildman–Crippen LogP) is 3.95. The van der Waals surface area contributed by atoms with E-state index >= 15 is 0 Å². The van der Waals surface area contributed by atoms with Crippen LogP contribution in [0.4, 0.5) is 0 Å². The summed E-state index contributed by atoms with van der Waals surface area (Å²) in [5, 5.41) is 18.6. The van der Waals surface area contributed by atoms with Gasteiger partial charge in [-0.3, -0.25) is 10.0 Å². The molecular formula is C22H25N3O6S. The van der Waals surface area contributed by atoms with Crippen LogP contribution in [-0.2, 0) is 4.79 Å². The van der Waals surface area contributed by atoms with E-state index in [-0.39, 0.29) is 6.42 Å². The third kappa shape index (κ3) is 5.65. The Morgan fingerprint density at radius 3 is 2.12 bits per heavy atom. The number of carbonyl (C=O) groups is 1. The average molecular weight is 460 g/mol. The molecule has 0 saturated carbocycles. The van der Waals surface area contributed by atoms with Crippen LogP contribution in [0.3, 0.4) is 0 Å². The van der Waals surface area contributed by atoms with E-state index in [1.54, 1.807) is 26.8 Å². The van der Waals surface area contributed by atoms with Crippen LogP contribution >= 0.6 is 11.3 Å². The van der Waals surface area contributed by atoms with Crippen molar-refractivity contribution in [2.45, 2.75) is 19.3 Å². The average Bonchev–Trinajstić information content (AvgIpc) is 3.33. The molecule has 0 aliphatic carbocycles. The Hall–Kier alpha value is -3.37. The normalized spacial score (nSPS) is 10.5. The lowest BCUT2D eigenvalue weighted by Gasteiger charge is -2.13. The lowest BCUT2D eigenvalue weighted by molar-refractivity contribution is -0.129. The summed E-state index contributed by atoms with van der Waals surface area (Å²) in [5.41, 5.74) is 3.36. The van der Waals surface area contributed by atoms with E-state index in [4.69, 9.17) is 24.2 Å². The highest BCUT2D eigenvalue weighted by atomic mass is 32.1. The summed E-state index contributed by atoms with van der Waals surface area (Å²) in [5.74, 6) is 1.97. The van der Waals surface area contributed by atoms with Crippen molar-refractivity contribution in [3.63, 3.8) is 0 Å². The number of rotatable bonds is 11. The van der Waals surface area contributed by atoms with Crippen molar-refractivity contribution in [3.8, 4) is 44.1 Å².